The first-order valence-electron chi connectivity index (χ1n) is 6.02. The van der Waals surface area contributed by atoms with Crippen LogP contribution < -0.4 is 5.30 Å². The molecule has 1 aromatic carbocycles. The molecule has 4 nitrogen and oxygen atoms in total. The van der Waals surface area contributed by atoms with Crippen LogP contribution in [0.1, 0.15) is 26.2 Å². The van der Waals surface area contributed by atoms with Crippen LogP contribution in [0, 0.1) is 0 Å². The second-order valence-electron chi connectivity index (χ2n) is 3.95. The molecule has 18 heavy (non-hydrogen) atoms. The molecule has 0 spiro atoms. The summed E-state index contributed by atoms with van der Waals surface area (Å²) >= 11 is 0. The topological polar surface area (TPSA) is 63.6 Å². The Hall–Kier alpha value is -1.41. The SMILES string of the molecule is CCCCOC(=O)CC[P+](=O)c1cccc(O)c1. The van der Waals surface area contributed by atoms with Crippen molar-refractivity contribution in [2.24, 2.45) is 0 Å². The number of hydrogen-bond acceptors (Lipinski definition) is 4. The van der Waals surface area contributed by atoms with E-state index in [4.69, 9.17) is 4.74 Å². The van der Waals surface area contributed by atoms with Gasteiger partial charge >= 0.3 is 13.8 Å². The van der Waals surface area contributed by atoms with Gasteiger partial charge in [-0.2, -0.15) is 0 Å². The van der Waals surface area contributed by atoms with Gasteiger partial charge in [0.15, 0.2) is 11.5 Å². The lowest BCUT2D eigenvalue weighted by atomic mass is 10.3. The second kappa shape index (κ2) is 7.83. The zero-order chi connectivity index (χ0) is 13.4. The van der Waals surface area contributed by atoms with Gasteiger partial charge in [-0.3, -0.25) is 4.79 Å². The van der Waals surface area contributed by atoms with Gasteiger partial charge in [-0.1, -0.05) is 24.0 Å². The molecule has 1 N–H and O–H groups in total. The number of unbranched alkanes of at least 4 members (excludes halogenated alkanes) is 1. The molecule has 0 aliphatic heterocycles. The summed E-state index contributed by atoms with van der Waals surface area (Å²) in [6, 6.07) is 6.30. The maximum Gasteiger partial charge on any atom is 0.377 e. The fourth-order valence-corrected chi connectivity index (χ4v) is 2.55. The highest BCUT2D eigenvalue weighted by atomic mass is 31.1. The van der Waals surface area contributed by atoms with Crippen molar-refractivity contribution in [1.29, 1.82) is 0 Å². The van der Waals surface area contributed by atoms with Crippen LogP contribution in [0.3, 0.4) is 0 Å². The molecule has 0 saturated carbocycles. The summed E-state index contributed by atoms with van der Waals surface area (Å²) in [6.45, 7) is 2.45. The van der Waals surface area contributed by atoms with Crippen molar-refractivity contribution in [3.05, 3.63) is 24.3 Å². The van der Waals surface area contributed by atoms with Gasteiger partial charge in [0.05, 0.1) is 13.0 Å². The predicted octanol–water partition coefficient (Wildman–Crippen LogP) is 2.58. The van der Waals surface area contributed by atoms with Crippen molar-refractivity contribution < 1.29 is 19.2 Å². The van der Waals surface area contributed by atoms with Gasteiger partial charge in [-0.15, -0.1) is 0 Å². The van der Waals surface area contributed by atoms with Crippen molar-refractivity contribution in [1.82, 2.24) is 0 Å². The number of phenols is 1. The van der Waals surface area contributed by atoms with Crippen LogP contribution in [-0.4, -0.2) is 23.8 Å². The summed E-state index contributed by atoms with van der Waals surface area (Å²) in [5.41, 5.74) is 0. The maximum atomic E-state index is 11.9. The van der Waals surface area contributed by atoms with E-state index in [-0.39, 0.29) is 24.3 Å². The van der Waals surface area contributed by atoms with Gasteiger partial charge in [0, 0.05) is 6.07 Å². The monoisotopic (exact) mass is 269 g/mol. The van der Waals surface area contributed by atoms with E-state index in [9.17, 15) is 14.5 Å². The van der Waals surface area contributed by atoms with Crippen molar-refractivity contribution in [2.75, 3.05) is 12.8 Å². The summed E-state index contributed by atoms with van der Waals surface area (Å²) in [5.74, 6) is -0.228. The molecule has 98 valence electrons. The van der Waals surface area contributed by atoms with Crippen molar-refractivity contribution in [2.45, 2.75) is 26.2 Å². The Labute approximate surface area is 108 Å². The normalized spacial score (nSPS) is 11.1. The molecular weight excluding hydrogens is 251 g/mol. The lowest BCUT2D eigenvalue weighted by Gasteiger charge is -2.00. The van der Waals surface area contributed by atoms with Crippen molar-refractivity contribution >= 4 is 19.1 Å². The van der Waals surface area contributed by atoms with Crippen LogP contribution in [0.4, 0.5) is 0 Å². The maximum absolute atomic E-state index is 11.9. The van der Waals surface area contributed by atoms with Gasteiger partial charge < -0.3 is 9.84 Å². The molecule has 1 aromatic rings. The van der Waals surface area contributed by atoms with Crippen LogP contribution in [0.5, 0.6) is 5.75 Å². The van der Waals surface area contributed by atoms with E-state index in [1.54, 1.807) is 12.1 Å². The Kier molecular flexibility index (Phi) is 6.37. The van der Waals surface area contributed by atoms with E-state index in [1.807, 2.05) is 6.92 Å². The smallest absolute Gasteiger partial charge is 0.377 e. The molecular formula is C13H18O4P+. The molecule has 0 saturated heterocycles. The molecule has 5 heteroatoms. The Balaban J connectivity index is 2.35. The van der Waals surface area contributed by atoms with E-state index < -0.39 is 7.80 Å². The van der Waals surface area contributed by atoms with Crippen LogP contribution >= 0.6 is 7.80 Å². The minimum Gasteiger partial charge on any atom is -0.508 e. The molecule has 0 amide bonds. The van der Waals surface area contributed by atoms with Crippen molar-refractivity contribution in [3.8, 4) is 5.75 Å². The fraction of sp³-hybridized carbons (Fsp3) is 0.462. The Morgan fingerprint density at radius 2 is 2.22 bits per heavy atom. The first-order valence-corrected chi connectivity index (χ1v) is 7.47. The number of esters is 1. The molecule has 0 heterocycles. The third-order valence-corrected chi connectivity index (χ3v) is 3.88. The molecule has 0 bridgehead atoms. The molecule has 0 radical (unpaired) electrons. The minimum atomic E-state index is -1.65. The number of carbonyl (C=O) groups excluding carboxylic acids is 1. The van der Waals surface area contributed by atoms with Crippen LogP contribution in [0.2, 0.25) is 0 Å². The first kappa shape index (κ1) is 14.7. The highest BCUT2D eigenvalue weighted by Crippen LogP contribution is 2.23. The number of carbonyl (C=O) groups is 1. The van der Waals surface area contributed by atoms with Gasteiger partial charge in [-0.25, -0.2) is 0 Å². The largest absolute Gasteiger partial charge is 0.508 e. The van der Waals surface area contributed by atoms with Gasteiger partial charge in [0.1, 0.15) is 5.75 Å². The number of hydrogen-bond donors (Lipinski definition) is 1. The summed E-state index contributed by atoms with van der Waals surface area (Å²) in [6.07, 6.45) is 2.23. The Bertz CT molecular complexity index is 417. The standard InChI is InChI=1S/C13H17O4P/c1-2-3-8-17-13(15)7-9-18(16)12-6-4-5-11(14)10-12/h4-6,10H,2-3,7-9H2,1H3/p+1. The third kappa shape index (κ3) is 5.28. The molecule has 1 unspecified atom stereocenters. The summed E-state index contributed by atoms with van der Waals surface area (Å²) < 4.78 is 16.8. The lowest BCUT2D eigenvalue weighted by Crippen LogP contribution is -2.08. The number of benzene rings is 1. The lowest BCUT2D eigenvalue weighted by molar-refractivity contribution is -0.143. The van der Waals surface area contributed by atoms with Gasteiger partial charge in [0.2, 0.25) is 0 Å². The van der Waals surface area contributed by atoms with E-state index in [0.29, 0.717) is 11.9 Å². The molecule has 0 aromatic heterocycles. The van der Waals surface area contributed by atoms with Gasteiger partial charge in [0.25, 0.3) is 0 Å². The van der Waals surface area contributed by atoms with E-state index in [1.165, 1.54) is 12.1 Å². The quantitative estimate of drug-likeness (QED) is 0.469. The third-order valence-electron chi connectivity index (χ3n) is 2.40. The molecule has 0 fully saturated rings. The van der Waals surface area contributed by atoms with Crippen LogP contribution in [-0.2, 0) is 14.1 Å². The van der Waals surface area contributed by atoms with E-state index in [0.717, 1.165) is 12.8 Å². The molecule has 1 atom stereocenters. The van der Waals surface area contributed by atoms with Crippen molar-refractivity contribution in [3.63, 3.8) is 0 Å². The minimum absolute atomic E-state index is 0.0846. The van der Waals surface area contributed by atoms with E-state index >= 15 is 0 Å². The average Bonchev–Trinajstić information content (AvgIpc) is 2.36. The Morgan fingerprint density at radius 3 is 2.89 bits per heavy atom. The number of ether oxygens (including phenoxy) is 1. The average molecular weight is 269 g/mol. The molecule has 0 aliphatic rings. The molecule has 0 aliphatic carbocycles. The first-order chi connectivity index (χ1) is 8.63. The summed E-state index contributed by atoms with van der Waals surface area (Å²) in [7, 11) is -1.65. The summed E-state index contributed by atoms with van der Waals surface area (Å²) in [4.78, 5) is 11.3. The zero-order valence-electron chi connectivity index (χ0n) is 10.5. The number of phenolic OH excluding ortho intramolecular Hbond substituents is 1. The Morgan fingerprint density at radius 1 is 1.44 bits per heavy atom. The second-order valence-corrected chi connectivity index (χ2v) is 5.67. The zero-order valence-corrected chi connectivity index (χ0v) is 11.4. The highest BCUT2D eigenvalue weighted by molar-refractivity contribution is 7.53. The number of rotatable bonds is 7. The highest BCUT2D eigenvalue weighted by Gasteiger charge is 2.21. The van der Waals surface area contributed by atoms with Gasteiger partial charge in [-0.05, 0) is 18.6 Å². The molecule has 1 rings (SSSR count). The van der Waals surface area contributed by atoms with Crippen LogP contribution in [0.15, 0.2) is 24.3 Å². The summed E-state index contributed by atoms with van der Waals surface area (Å²) in [5, 5.41) is 9.82. The number of aromatic hydroxyl groups is 1. The van der Waals surface area contributed by atoms with Crippen LogP contribution in [0.25, 0.3) is 0 Å². The fourth-order valence-electron chi connectivity index (χ4n) is 1.37. The van der Waals surface area contributed by atoms with E-state index in [2.05, 4.69) is 0 Å². The predicted molar refractivity (Wildman–Crippen MR) is 70.7 cm³/mol.